The number of hydrogen-bond donors (Lipinski definition) is 2. The van der Waals surface area contributed by atoms with Crippen LogP contribution in [0.25, 0.3) is 0 Å². The number of nitriles is 1. The lowest BCUT2D eigenvalue weighted by Gasteiger charge is -2.36. The van der Waals surface area contributed by atoms with Crippen LogP contribution in [0, 0.1) is 25.2 Å². The first-order chi connectivity index (χ1) is 13.2. The molecule has 9 heteroatoms. The Balaban J connectivity index is 1.51. The van der Waals surface area contributed by atoms with E-state index in [1.165, 1.54) is 0 Å². The van der Waals surface area contributed by atoms with Crippen LogP contribution in [0.5, 0.6) is 0 Å². The summed E-state index contributed by atoms with van der Waals surface area (Å²) in [4.78, 5) is 14.7. The number of nitrogens with one attached hydrogen (secondary N) is 2. The standard InChI is InChI=1S/C19H28N4O4S/c1-12-14(3)27-19(17(12)10-20)22-18(24)13(2)23-7-4-15(5-8-23)21-16-6-9-28(25,26)11-16/h13,15-16,21H,4-9,11H2,1-3H3,(H,22,24). The van der Waals surface area contributed by atoms with Gasteiger partial charge in [-0.05, 0) is 40.0 Å². The third kappa shape index (κ3) is 4.57. The van der Waals surface area contributed by atoms with Gasteiger partial charge in [0.25, 0.3) is 0 Å². The van der Waals surface area contributed by atoms with Crippen molar-refractivity contribution in [2.75, 3.05) is 29.9 Å². The minimum absolute atomic E-state index is 0.0529. The van der Waals surface area contributed by atoms with Gasteiger partial charge in [0.05, 0.1) is 17.5 Å². The zero-order valence-corrected chi connectivity index (χ0v) is 17.4. The highest BCUT2D eigenvalue weighted by atomic mass is 32.2. The highest BCUT2D eigenvalue weighted by Gasteiger charge is 2.32. The van der Waals surface area contributed by atoms with E-state index in [1.54, 1.807) is 13.8 Å². The molecule has 3 rings (SSSR count). The Morgan fingerprint density at radius 1 is 1.25 bits per heavy atom. The van der Waals surface area contributed by atoms with Gasteiger partial charge in [-0.1, -0.05) is 0 Å². The fraction of sp³-hybridized carbons (Fsp3) is 0.684. The van der Waals surface area contributed by atoms with Gasteiger partial charge >= 0.3 is 0 Å². The number of sulfone groups is 1. The number of piperidine rings is 1. The predicted octanol–water partition coefficient (Wildman–Crippen LogP) is 1.34. The van der Waals surface area contributed by atoms with Crippen molar-refractivity contribution in [2.45, 2.75) is 58.2 Å². The zero-order chi connectivity index (χ0) is 20.5. The molecular weight excluding hydrogens is 380 g/mol. The largest absolute Gasteiger partial charge is 0.444 e. The van der Waals surface area contributed by atoms with Gasteiger partial charge in [0, 0.05) is 30.7 Å². The third-order valence-corrected chi connectivity index (χ3v) is 7.66. The molecule has 2 N–H and O–H groups in total. The SMILES string of the molecule is Cc1oc(NC(=O)C(C)N2CCC(NC3CCS(=O)(=O)C3)CC2)c(C#N)c1C. The Bertz CT molecular complexity index is 878. The molecule has 0 aromatic carbocycles. The Kier molecular flexibility index (Phi) is 6.12. The summed E-state index contributed by atoms with van der Waals surface area (Å²) in [7, 11) is -2.88. The van der Waals surface area contributed by atoms with Crippen LogP contribution in [-0.2, 0) is 14.6 Å². The van der Waals surface area contributed by atoms with E-state index >= 15 is 0 Å². The average Bonchev–Trinajstić information content (AvgIpc) is 3.13. The molecule has 1 aromatic heterocycles. The molecule has 28 heavy (non-hydrogen) atoms. The van der Waals surface area contributed by atoms with Crippen LogP contribution < -0.4 is 10.6 Å². The van der Waals surface area contributed by atoms with Gasteiger partial charge < -0.3 is 9.73 Å². The molecule has 8 nitrogen and oxygen atoms in total. The second-order valence-corrected chi connectivity index (χ2v) is 10.1. The fourth-order valence-corrected chi connectivity index (χ4v) is 5.63. The molecule has 0 radical (unpaired) electrons. The summed E-state index contributed by atoms with van der Waals surface area (Å²) in [5.74, 6) is 1.15. The molecule has 0 saturated carbocycles. The van der Waals surface area contributed by atoms with Gasteiger partial charge in [-0.15, -0.1) is 0 Å². The number of nitrogens with zero attached hydrogens (tertiary/aromatic N) is 2. The highest BCUT2D eigenvalue weighted by molar-refractivity contribution is 7.91. The Hall–Kier alpha value is -1.89. The highest BCUT2D eigenvalue weighted by Crippen LogP contribution is 2.26. The smallest absolute Gasteiger partial charge is 0.243 e. The maximum atomic E-state index is 12.6. The minimum atomic E-state index is -2.88. The lowest BCUT2D eigenvalue weighted by Crippen LogP contribution is -2.51. The van der Waals surface area contributed by atoms with Gasteiger partial charge in [0.1, 0.15) is 17.4 Å². The summed E-state index contributed by atoms with van der Waals surface area (Å²) >= 11 is 0. The molecule has 2 fully saturated rings. The molecule has 1 aromatic rings. The second-order valence-electron chi connectivity index (χ2n) is 7.84. The van der Waals surface area contributed by atoms with Crippen molar-refractivity contribution in [1.29, 1.82) is 5.26 Å². The number of hydrogen-bond acceptors (Lipinski definition) is 7. The molecular formula is C19H28N4O4S. The minimum Gasteiger partial charge on any atom is -0.444 e. The molecule has 2 aliphatic heterocycles. The van der Waals surface area contributed by atoms with Crippen molar-refractivity contribution in [3.05, 3.63) is 16.9 Å². The third-order valence-electron chi connectivity index (χ3n) is 5.89. The summed E-state index contributed by atoms with van der Waals surface area (Å²) in [6.07, 6.45) is 2.43. The first-order valence-electron chi connectivity index (χ1n) is 9.71. The Labute approximate surface area is 166 Å². The number of anilines is 1. The van der Waals surface area contributed by atoms with Gasteiger partial charge in [-0.25, -0.2) is 8.42 Å². The predicted molar refractivity (Wildman–Crippen MR) is 106 cm³/mol. The van der Waals surface area contributed by atoms with E-state index in [0.29, 0.717) is 17.7 Å². The van der Waals surface area contributed by atoms with Crippen LogP contribution in [0.2, 0.25) is 0 Å². The Morgan fingerprint density at radius 2 is 1.93 bits per heavy atom. The lowest BCUT2D eigenvalue weighted by atomic mass is 10.0. The van der Waals surface area contributed by atoms with E-state index in [9.17, 15) is 18.5 Å². The van der Waals surface area contributed by atoms with E-state index in [0.717, 1.165) is 31.5 Å². The molecule has 2 unspecified atom stereocenters. The first kappa shape index (κ1) is 20.8. The van der Waals surface area contributed by atoms with Crippen molar-refractivity contribution in [1.82, 2.24) is 10.2 Å². The number of amides is 1. The molecule has 2 saturated heterocycles. The van der Waals surface area contributed by atoms with Crippen molar-refractivity contribution < 1.29 is 17.6 Å². The van der Waals surface area contributed by atoms with Gasteiger partial charge in [-0.3, -0.25) is 15.0 Å². The van der Waals surface area contributed by atoms with E-state index in [1.807, 2.05) is 6.92 Å². The number of aryl methyl sites for hydroxylation is 1. The molecule has 2 aliphatic rings. The number of likely N-dealkylation sites (tertiary alicyclic amines) is 1. The fourth-order valence-electron chi connectivity index (χ4n) is 3.95. The lowest BCUT2D eigenvalue weighted by molar-refractivity contribution is -0.121. The van der Waals surface area contributed by atoms with Crippen LogP contribution >= 0.6 is 0 Å². The monoisotopic (exact) mass is 408 g/mol. The summed E-state index contributed by atoms with van der Waals surface area (Å²) in [5.41, 5.74) is 1.11. The van der Waals surface area contributed by atoms with Crippen LogP contribution in [0.15, 0.2) is 4.42 Å². The number of carbonyl (C=O) groups is 1. The average molecular weight is 409 g/mol. The Morgan fingerprint density at radius 3 is 2.50 bits per heavy atom. The summed E-state index contributed by atoms with van der Waals surface area (Å²) < 4.78 is 28.7. The van der Waals surface area contributed by atoms with Crippen LogP contribution in [-0.4, -0.2) is 61.9 Å². The topological polar surface area (TPSA) is 115 Å². The van der Waals surface area contributed by atoms with E-state index < -0.39 is 9.84 Å². The second kappa shape index (κ2) is 8.23. The summed E-state index contributed by atoms with van der Waals surface area (Å²) in [5, 5.41) is 15.5. The normalized spacial score (nSPS) is 24.0. The molecule has 1 amide bonds. The maximum Gasteiger partial charge on any atom is 0.243 e. The van der Waals surface area contributed by atoms with Crippen LogP contribution in [0.3, 0.4) is 0 Å². The molecule has 2 atom stereocenters. The molecule has 3 heterocycles. The first-order valence-corrected chi connectivity index (χ1v) is 11.5. The molecule has 0 bridgehead atoms. The summed E-state index contributed by atoms with van der Waals surface area (Å²) in [6, 6.07) is 2.07. The van der Waals surface area contributed by atoms with E-state index in [-0.39, 0.29) is 41.4 Å². The maximum absolute atomic E-state index is 12.6. The molecule has 0 spiro atoms. The van der Waals surface area contributed by atoms with E-state index in [2.05, 4.69) is 21.6 Å². The molecule has 154 valence electrons. The van der Waals surface area contributed by atoms with Crippen LogP contribution in [0.1, 0.15) is 43.1 Å². The van der Waals surface area contributed by atoms with Gasteiger partial charge in [0.2, 0.25) is 11.8 Å². The van der Waals surface area contributed by atoms with Gasteiger partial charge in [0.15, 0.2) is 9.84 Å². The van der Waals surface area contributed by atoms with Gasteiger partial charge in [-0.2, -0.15) is 5.26 Å². The van der Waals surface area contributed by atoms with Crippen LogP contribution in [0.4, 0.5) is 5.88 Å². The number of rotatable bonds is 5. The zero-order valence-electron chi connectivity index (χ0n) is 16.6. The molecule has 0 aliphatic carbocycles. The number of carbonyl (C=O) groups excluding carboxylic acids is 1. The van der Waals surface area contributed by atoms with Crippen molar-refractivity contribution in [3.8, 4) is 6.07 Å². The summed E-state index contributed by atoms with van der Waals surface area (Å²) in [6.45, 7) is 6.92. The quantitative estimate of drug-likeness (QED) is 0.755. The van der Waals surface area contributed by atoms with Crippen molar-refractivity contribution in [2.24, 2.45) is 0 Å². The van der Waals surface area contributed by atoms with E-state index in [4.69, 9.17) is 4.42 Å². The van der Waals surface area contributed by atoms with Crippen molar-refractivity contribution in [3.63, 3.8) is 0 Å². The number of furan rings is 1. The van der Waals surface area contributed by atoms with Crippen molar-refractivity contribution >= 4 is 21.6 Å².